The molecule has 0 spiro atoms. The lowest BCUT2D eigenvalue weighted by molar-refractivity contribution is -0.118. The topological polar surface area (TPSA) is 64.0 Å². The van der Waals surface area contributed by atoms with Gasteiger partial charge in [-0.3, -0.25) is 14.2 Å². The Morgan fingerprint density at radius 1 is 0.938 bits per heavy atom. The van der Waals surface area contributed by atoms with Gasteiger partial charge in [-0.05, 0) is 49.1 Å². The van der Waals surface area contributed by atoms with Crippen molar-refractivity contribution >= 4 is 28.6 Å². The molecular weight excluding hydrogens is 418 g/mol. The fourth-order valence-corrected chi connectivity index (χ4v) is 4.57. The van der Waals surface area contributed by atoms with E-state index in [0.717, 1.165) is 23.2 Å². The molecule has 0 saturated carbocycles. The summed E-state index contributed by atoms with van der Waals surface area (Å²) in [5.41, 5.74) is 4.48. The normalized spacial score (nSPS) is 10.9. The van der Waals surface area contributed by atoms with Gasteiger partial charge in [-0.25, -0.2) is 4.98 Å². The number of para-hydroxylation sites is 2. The van der Waals surface area contributed by atoms with Gasteiger partial charge in [0.2, 0.25) is 5.91 Å². The zero-order chi connectivity index (χ0) is 22.5. The van der Waals surface area contributed by atoms with Crippen LogP contribution in [0.1, 0.15) is 16.7 Å². The summed E-state index contributed by atoms with van der Waals surface area (Å²) in [5.74, 6) is 0.103. The van der Waals surface area contributed by atoms with Crippen molar-refractivity contribution in [2.75, 3.05) is 12.3 Å². The van der Waals surface area contributed by atoms with Crippen LogP contribution in [0.2, 0.25) is 0 Å². The Balaban J connectivity index is 1.59. The smallest absolute Gasteiger partial charge is 0.266 e. The summed E-state index contributed by atoms with van der Waals surface area (Å²) in [6.45, 7) is 4.53. The quantitative estimate of drug-likeness (QED) is 0.339. The summed E-state index contributed by atoms with van der Waals surface area (Å²) in [7, 11) is 0. The molecule has 0 fully saturated rings. The molecule has 0 aliphatic heterocycles. The number of benzene rings is 3. The van der Waals surface area contributed by atoms with Crippen LogP contribution in [0.15, 0.2) is 82.7 Å². The van der Waals surface area contributed by atoms with Gasteiger partial charge in [0, 0.05) is 6.54 Å². The molecule has 4 rings (SSSR count). The first kappa shape index (κ1) is 21.8. The summed E-state index contributed by atoms with van der Waals surface area (Å²) < 4.78 is 1.65. The molecule has 3 aromatic carbocycles. The molecule has 0 saturated heterocycles. The maximum absolute atomic E-state index is 13.4. The van der Waals surface area contributed by atoms with Crippen molar-refractivity contribution in [1.82, 2.24) is 14.9 Å². The Labute approximate surface area is 191 Å². The molecular formula is C26H25N3O2S. The predicted octanol–water partition coefficient (Wildman–Crippen LogP) is 4.45. The number of carbonyl (C=O) groups excluding carboxylic acids is 1. The molecule has 0 aliphatic carbocycles. The summed E-state index contributed by atoms with van der Waals surface area (Å²) in [5, 5.41) is 4.04. The number of fused-ring (bicyclic) bond motifs is 1. The van der Waals surface area contributed by atoms with E-state index in [-0.39, 0.29) is 17.2 Å². The van der Waals surface area contributed by atoms with Crippen molar-refractivity contribution in [3.8, 4) is 5.69 Å². The van der Waals surface area contributed by atoms with Crippen molar-refractivity contribution in [3.63, 3.8) is 0 Å². The van der Waals surface area contributed by atoms with E-state index in [1.165, 1.54) is 17.3 Å². The molecule has 32 heavy (non-hydrogen) atoms. The van der Waals surface area contributed by atoms with E-state index in [0.29, 0.717) is 22.6 Å². The largest absolute Gasteiger partial charge is 0.355 e. The highest BCUT2D eigenvalue weighted by Crippen LogP contribution is 2.25. The van der Waals surface area contributed by atoms with Gasteiger partial charge in [0.05, 0.1) is 22.3 Å². The number of nitrogens with one attached hydrogen (secondary N) is 1. The van der Waals surface area contributed by atoms with Gasteiger partial charge >= 0.3 is 0 Å². The second kappa shape index (κ2) is 9.83. The van der Waals surface area contributed by atoms with Crippen LogP contribution in [0.25, 0.3) is 16.6 Å². The lowest BCUT2D eigenvalue weighted by Crippen LogP contribution is -2.28. The summed E-state index contributed by atoms with van der Waals surface area (Å²) in [6.07, 6.45) is 0.776. The van der Waals surface area contributed by atoms with Crippen molar-refractivity contribution in [2.45, 2.75) is 25.4 Å². The minimum atomic E-state index is -0.125. The summed E-state index contributed by atoms with van der Waals surface area (Å²) in [6, 6.07) is 23.3. The number of hydrogen-bond acceptors (Lipinski definition) is 4. The Bertz CT molecular complexity index is 1300. The third kappa shape index (κ3) is 4.75. The molecule has 1 N–H and O–H groups in total. The predicted molar refractivity (Wildman–Crippen MR) is 131 cm³/mol. The molecule has 0 unspecified atom stereocenters. The van der Waals surface area contributed by atoms with Gasteiger partial charge in [0.15, 0.2) is 5.16 Å². The first-order chi connectivity index (χ1) is 15.5. The molecule has 1 heterocycles. The van der Waals surface area contributed by atoms with Crippen molar-refractivity contribution in [3.05, 3.63) is 99.8 Å². The second-order valence-electron chi connectivity index (χ2n) is 7.67. The number of carbonyl (C=O) groups is 1. The number of nitrogens with zero attached hydrogens (tertiary/aromatic N) is 2. The molecule has 4 aromatic rings. The van der Waals surface area contributed by atoms with Gasteiger partial charge in [-0.15, -0.1) is 0 Å². The third-order valence-corrected chi connectivity index (χ3v) is 6.26. The molecule has 0 atom stereocenters. The van der Waals surface area contributed by atoms with Crippen molar-refractivity contribution < 1.29 is 4.79 Å². The zero-order valence-corrected chi connectivity index (χ0v) is 19.0. The average Bonchev–Trinajstić information content (AvgIpc) is 2.80. The van der Waals surface area contributed by atoms with Gasteiger partial charge in [-0.1, -0.05) is 72.4 Å². The lowest BCUT2D eigenvalue weighted by atomic mass is 10.1. The van der Waals surface area contributed by atoms with Gasteiger partial charge < -0.3 is 5.32 Å². The Morgan fingerprint density at radius 3 is 2.38 bits per heavy atom. The van der Waals surface area contributed by atoms with Crippen LogP contribution in [0, 0.1) is 13.8 Å². The fourth-order valence-electron chi connectivity index (χ4n) is 3.74. The van der Waals surface area contributed by atoms with Crippen LogP contribution in [0.4, 0.5) is 0 Å². The average molecular weight is 444 g/mol. The van der Waals surface area contributed by atoms with Gasteiger partial charge in [0.1, 0.15) is 0 Å². The first-order valence-electron chi connectivity index (χ1n) is 10.6. The molecule has 1 aromatic heterocycles. The SMILES string of the molecule is Cc1cccc(C)c1-n1c(SCC(=O)NCCc2ccccc2)nc2ccccc2c1=O. The maximum Gasteiger partial charge on any atom is 0.266 e. The van der Waals surface area contributed by atoms with Crippen LogP contribution in [0.5, 0.6) is 0 Å². The van der Waals surface area contributed by atoms with E-state index in [1.807, 2.05) is 80.6 Å². The molecule has 0 aliphatic rings. The van der Waals surface area contributed by atoms with Crippen LogP contribution in [-0.2, 0) is 11.2 Å². The van der Waals surface area contributed by atoms with Crippen molar-refractivity contribution in [2.24, 2.45) is 0 Å². The summed E-state index contributed by atoms with van der Waals surface area (Å²) in [4.78, 5) is 30.7. The minimum Gasteiger partial charge on any atom is -0.355 e. The maximum atomic E-state index is 13.4. The van der Waals surface area contributed by atoms with E-state index in [2.05, 4.69) is 5.32 Å². The minimum absolute atomic E-state index is 0.0820. The monoisotopic (exact) mass is 443 g/mol. The number of aromatic nitrogens is 2. The highest BCUT2D eigenvalue weighted by molar-refractivity contribution is 7.99. The van der Waals surface area contributed by atoms with Crippen molar-refractivity contribution in [1.29, 1.82) is 0 Å². The van der Waals surface area contributed by atoms with Crippen LogP contribution in [0.3, 0.4) is 0 Å². The Kier molecular flexibility index (Phi) is 6.71. The molecule has 5 nitrogen and oxygen atoms in total. The molecule has 0 bridgehead atoms. The van der Waals surface area contributed by atoms with Gasteiger partial charge in [0.25, 0.3) is 5.56 Å². The molecule has 6 heteroatoms. The Hall–Kier alpha value is -3.38. The summed E-state index contributed by atoms with van der Waals surface area (Å²) >= 11 is 1.28. The number of amides is 1. The lowest BCUT2D eigenvalue weighted by Gasteiger charge is -2.17. The highest BCUT2D eigenvalue weighted by atomic mass is 32.2. The second-order valence-corrected chi connectivity index (χ2v) is 8.61. The van der Waals surface area contributed by atoms with Crippen LogP contribution in [-0.4, -0.2) is 27.8 Å². The highest BCUT2D eigenvalue weighted by Gasteiger charge is 2.17. The van der Waals surface area contributed by atoms with E-state index in [1.54, 1.807) is 10.6 Å². The van der Waals surface area contributed by atoms with Gasteiger partial charge in [-0.2, -0.15) is 0 Å². The van der Waals surface area contributed by atoms with Crippen LogP contribution < -0.4 is 10.9 Å². The third-order valence-electron chi connectivity index (χ3n) is 5.32. The van der Waals surface area contributed by atoms with E-state index < -0.39 is 0 Å². The van der Waals surface area contributed by atoms with E-state index in [9.17, 15) is 9.59 Å². The number of rotatable bonds is 7. The molecule has 162 valence electrons. The standard InChI is InChI=1S/C26H25N3O2S/c1-18-9-8-10-19(2)24(18)29-25(31)21-13-6-7-14-22(21)28-26(29)32-17-23(30)27-16-15-20-11-4-3-5-12-20/h3-14H,15-17H2,1-2H3,(H,27,30). The number of aryl methyl sites for hydroxylation is 2. The van der Waals surface area contributed by atoms with E-state index in [4.69, 9.17) is 4.98 Å². The zero-order valence-electron chi connectivity index (χ0n) is 18.2. The number of thioether (sulfide) groups is 1. The van der Waals surface area contributed by atoms with E-state index >= 15 is 0 Å². The Morgan fingerprint density at radius 2 is 1.62 bits per heavy atom. The fraction of sp³-hybridized carbons (Fsp3) is 0.192. The number of hydrogen-bond donors (Lipinski definition) is 1. The first-order valence-corrected chi connectivity index (χ1v) is 11.5. The molecule has 0 radical (unpaired) electrons. The molecule has 1 amide bonds. The van der Waals surface area contributed by atoms with Crippen LogP contribution >= 0.6 is 11.8 Å².